The highest BCUT2D eigenvalue weighted by Gasteiger charge is 2.08. The fourth-order valence-corrected chi connectivity index (χ4v) is 2.28. The molecule has 0 aromatic carbocycles. The van der Waals surface area contributed by atoms with Crippen molar-refractivity contribution in [2.45, 2.75) is 26.4 Å². The summed E-state index contributed by atoms with van der Waals surface area (Å²) in [6.07, 6.45) is 6.43. The van der Waals surface area contributed by atoms with Crippen LogP contribution in [0, 0.1) is 0 Å². The fraction of sp³-hybridized carbons (Fsp3) is 0.250. The number of pyridine rings is 2. The molecular weight excluding hydrogens is 264 g/mol. The second kappa shape index (κ2) is 5.44. The van der Waals surface area contributed by atoms with Crippen LogP contribution in [0.5, 0.6) is 5.75 Å². The van der Waals surface area contributed by atoms with Crippen LogP contribution in [0.25, 0.3) is 11.0 Å². The molecule has 0 spiro atoms. The number of ether oxygens (including phenoxy) is 1. The number of hydrogen-bond donors (Lipinski definition) is 2. The minimum absolute atomic E-state index is 0.132. The van der Waals surface area contributed by atoms with Gasteiger partial charge in [0.15, 0.2) is 0 Å². The van der Waals surface area contributed by atoms with E-state index in [-0.39, 0.29) is 6.10 Å². The van der Waals surface area contributed by atoms with Gasteiger partial charge in [-0.05, 0) is 37.1 Å². The molecule has 3 rings (SSSR count). The number of rotatable bonds is 4. The summed E-state index contributed by atoms with van der Waals surface area (Å²) in [5.41, 5.74) is 8.75. The number of aromatic nitrogens is 3. The molecule has 3 N–H and O–H groups in total. The molecule has 0 saturated heterocycles. The molecule has 5 heteroatoms. The van der Waals surface area contributed by atoms with Crippen molar-refractivity contribution in [3.63, 3.8) is 0 Å². The van der Waals surface area contributed by atoms with Crippen molar-refractivity contribution in [3.05, 3.63) is 47.9 Å². The smallest absolute Gasteiger partial charge is 0.138 e. The summed E-state index contributed by atoms with van der Waals surface area (Å²) in [4.78, 5) is 11.7. The molecule has 0 radical (unpaired) electrons. The van der Waals surface area contributed by atoms with Crippen LogP contribution >= 0.6 is 0 Å². The minimum atomic E-state index is 0.132. The standard InChI is InChI=1S/C16H18N4O/c1-10(2)21-13-6-14-12(8-19-16(14)20-9-13)5-11-3-4-15(17)18-7-11/h3-4,6-10H,5H2,1-2H3,(H2,17,18)(H,19,20). The second-order valence-corrected chi connectivity index (χ2v) is 5.32. The van der Waals surface area contributed by atoms with Gasteiger partial charge in [-0.3, -0.25) is 0 Å². The number of nitrogens with one attached hydrogen (secondary N) is 1. The molecule has 3 aromatic heterocycles. The van der Waals surface area contributed by atoms with Gasteiger partial charge in [0.1, 0.15) is 17.2 Å². The Labute approximate surface area is 123 Å². The quantitative estimate of drug-likeness (QED) is 0.771. The molecule has 0 amide bonds. The van der Waals surface area contributed by atoms with Crippen LogP contribution in [0.3, 0.4) is 0 Å². The van der Waals surface area contributed by atoms with E-state index in [9.17, 15) is 0 Å². The zero-order chi connectivity index (χ0) is 14.8. The van der Waals surface area contributed by atoms with Gasteiger partial charge in [0.2, 0.25) is 0 Å². The first-order valence-electron chi connectivity index (χ1n) is 6.95. The zero-order valence-electron chi connectivity index (χ0n) is 12.1. The first-order valence-corrected chi connectivity index (χ1v) is 6.95. The summed E-state index contributed by atoms with van der Waals surface area (Å²) >= 11 is 0. The van der Waals surface area contributed by atoms with E-state index < -0.39 is 0 Å². The highest BCUT2D eigenvalue weighted by molar-refractivity contribution is 5.81. The molecule has 0 bridgehead atoms. The van der Waals surface area contributed by atoms with Crippen LogP contribution in [0.15, 0.2) is 36.8 Å². The van der Waals surface area contributed by atoms with Gasteiger partial charge >= 0.3 is 0 Å². The van der Waals surface area contributed by atoms with E-state index in [4.69, 9.17) is 10.5 Å². The minimum Gasteiger partial charge on any atom is -0.489 e. The summed E-state index contributed by atoms with van der Waals surface area (Å²) in [5, 5.41) is 1.07. The van der Waals surface area contributed by atoms with Gasteiger partial charge in [-0.25, -0.2) is 9.97 Å². The van der Waals surface area contributed by atoms with Crippen LogP contribution in [0.4, 0.5) is 5.82 Å². The van der Waals surface area contributed by atoms with Crippen molar-refractivity contribution in [2.75, 3.05) is 5.73 Å². The fourth-order valence-electron chi connectivity index (χ4n) is 2.28. The number of nitrogens with two attached hydrogens (primary N) is 1. The summed E-state index contributed by atoms with van der Waals surface area (Å²) in [5.74, 6) is 1.32. The molecule has 0 fully saturated rings. The number of nitrogens with zero attached hydrogens (tertiary/aromatic N) is 2. The van der Waals surface area contributed by atoms with Crippen molar-refractivity contribution in [3.8, 4) is 5.75 Å². The average Bonchev–Trinajstić information content (AvgIpc) is 2.83. The predicted octanol–water partition coefficient (Wildman–Crippen LogP) is 2.92. The lowest BCUT2D eigenvalue weighted by atomic mass is 10.1. The number of aromatic amines is 1. The van der Waals surface area contributed by atoms with Gasteiger partial charge in [-0.2, -0.15) is 0 Å². The molecule has 21 heavy (non-hydrogen) atoms. The highest BCUT2D eigenvalue weighted by Crippen LogP contribution is 2.24. The third-order valence-electron chi connectivity index (χ3n) is 3.21. The molecule has 0 aliphatic heterocycles. The Morgan fingerprint density at radius 3 is 2.81 bits per heavy atom. The van der Waals surface area contributed by atoms with Crippen LogP contribution < -0.4 is 10.5 Å². The Bertz CT molecular complexity index is 747. The van der Waals surface area contributed by atoms with Crippen molar-refractivity contribution < 1.29 is 4.74 Å². The lowest BCUT2D eigenvalue weighted by Gasteiger charge is -2.09. The molecule has 0 saturated carbocycles. The Kier molecular flexibility index (Phi) is 3.48. The Balaban J connectivity index is 1.92. The third-order valence-corrected chi connectivity index (χ3v) is 3.21. The Hall–Kier alpha value is -2.56. The molecule has 0 aliphatic carbocycles. The topological polar surface area (TPSA) is 76.8 Å². The number of fused-ring (bicyclic) bond motifs is 1. The van der Waals surface area contributed by atoms with Gasteiger partial charge in [0.05, 0.1) is 12.3 Å². The molecule has 0 atom stereocenters. The normalized spacial score (nSPS) is 11.2. The largest absolute Gasteiger partial charge is 0.489 e. The maximum atomic E-state index is 5.71. The van der Waals surface area contributed by atoms with Gasteiger partial charge < -0.3 is 15.5 Å². The summed E-state index contributed by atoms with van der Waals surface area (Å²) < 4.78 is 5.71. The third kappa shape index (κ3) is 2.97. The second-order valence-electron chi connectivity index (χ2n) is 5.32. The molecule has 0 unspecified atom stereocenters. The number of anilines is 1. The predicted molar refractivity (Wildman–Crippen MR) is 83.3 cm³/mol. The maximum Gasteiger partial charge on any atom is 0.138 e. The lowest BCUT2D eigenvalue weighted by Crippen LogP contribution is -2.05. The summed E-state index contributed by atoms with van der Waals surface area (Å²) in [6, 6.07) is 5.83. The highest BCUT2D eigenvalue weighted by atomic mass is 16.5. The number of nitrogen functional groups attached to an aromatic ring is 1. The van der Waals surface area contributed by atoms with Crippen LogP contribution in [0.2, 0.25) is 0 Å². The molecular formula is C16H18N4O. The molecule has 0 aliphatic rings. The van der Waals surface area contributed by atoms with Gasteiger partial charge in [-0.1, -0.05) is 6.07 Å². The van der Waals surface area contributed by atoms with Gasteiger partial charge in [-0.15, -0.1) is 0 Å². The monoisotopic (exact) mass is 282 g/mol. The SMILES string of the molecule is CC(C)Oc1cnc2[nH]cc(Cc3ccc(N)nc3)c2c1. The zero-order valence-corrected chi connectivity index (χ0v) is 12.1. The summed E-state index contributed by atoms with van der Waals surface area (Å²) in [6.45, 7) is 4.00. The van der Waals surface area contributed by atoms with E-state index in [2.05, 4.69) is 15.0 Å². The van der Waals surface area contributed by atoms with E-state index in [1.165, 1.54) is 5.56 Å². The van der Waals surface area contributed by atoms with Crippen LogP contribution in [-0.2, 0) is 6.42 Å². The van der Waals surface area contributed by atoms with E-state index >= 15 is 0 Å². The van der Waals surface area contributed by atoms with Crippen molar-refractivity contribution >= 4 is 16.9 Å². The van der Waals surface area contributed by atoms with Crippen molar-refractivity contribution in [1.82, 2.24) is 15.0 Å². The van der Waals surface area contributed by atoms with Gasteiger partial charge in [0, 0.05) is 24.2 Å². The van der Waals surface area contributed by atoms with E-state index in [1.807, 2.05) is 38.2 Å². The maximum absolute atomic E-state index is 5.71. The van der Waals surface area contributed by atoms with Crippen LogP contribution in [-0.4, -0.2) is 21.1 Å². The van der Waals surface area contributed by atoms with Gasteiger partial charge in [0.25, 0.3) is 0 Å². The lowest BCUT2D eigenvalue weighted by molar-refractivity contribution is 0.242. The van der Waals surface area contributed by atoms with E-state index in [0.29, 0.717) is 5.82 Å². The van der Waals surface area contributed by atoms with E-state index in [0.717, 1.165) is 28.8 Å². The molecule has 3 heterocycles. The van der Waals surface area contributed by atoms with Crippen molar-refractivity contribution in [1.29, 1.82) is 0 Å². The molecule has 5 nitrogen and oxygen atoms in total. The Morgan fingerprint density at radius 1 is 1.24 bits per heavy atom. The molecule has 108 valence electrons. The number of hydrogen-bond acceptors (Lipinski definition) is 4. The summed E-state index contributed by atoms with van der Waals surface area (Å²) in [7, 11) is 0. The van der Waals surface area contributed by atoms with Crippen molar-refractivity contribution in [2.24, 2.45) is 0 Å². The molecule has 3 aromatic rings. The first kappa shape index (κ1) is 13.4. The average molecular weight is 282 g/mol. The van der Waals surface area contributed by atoms with Crippen LogP contribution in [0.1, 0.15) is 25.0 Å². The Morgan fingerprint density at radius 2 is 2.10 bits per heavy atom. The first-order chi connectivity index (χ1) is 10.1. The van der Waals surface area contributed by atoms with E-state index in [1.54, 1.807) is 12.4 Å². The number of H-pyrrole nitrogens is 1.